The number of nitrogens with zero attached hydrogens (tertiary/aromatic N) is 1. The molecule has 0 saturated heterocycles. The maximum atomic E-state index is 5.75. The second kappa shape index (κ2) is 7.31. The molecule has 1 aromatic carbocycles. The third kappa shape index (κ3) is 5.04. The lowest BCUT2D eigenvalue weighted by Gasteiger charge is -2.20. The van der Waals surface area contributed by atoms with Gasteiger partial charge in [0.05, 0.1) is 7.11 Å². The molecule has 1 rings (SSSR count). The molecule has 1 unspecified atom stereocenters. The lowest BCUT2D eigenvalue weighted by Crippen LogP contribution is -2.24. The summed E-state index contributed by atoms with van der Waals surface area (Å²) in [5.74, 6) is 0.794. The Hall–Kier alpha value is -1.33. The maximum absolute atomic E-state index is 5.75. The van der Waals surface area contributed by atoms with Crippen LogP contribution in [0.15, 0.2) is 18.2 Å². The maximum Gasteiger partial charge on any atom is 0.120 e. The topological polar surface area (TPSA) is 50.5 Å². The SMILES string of the molecule is COc1ccc(C(N)=S)c(NC(C)CCN(C)C)c1. The zero-order valence-corrected chi connectivity index (χ0v) is 12.9. The number of methoxy groups -OCH3 is 1. The monoisotopic (exact) mass is 281 g/mol. The van der Waals surface area contributed by atoms with Crippen LogP contribution >= 0.6 is 12.2 Å². The summed E-state index contributed by atoms with van der Waals surface area (Å²) in [6.07, 6.45) is 1.04. The third-order valence-electron chi connectivity index (χ3n) is 2.90. The van der Waals surface area contributed by atoms with Gasteiger partial charge >= 0.3 is 0 Å². The van der Waals surface area contributed by atoms with Crippen LogP contribution in [0.4, 0.5) is 5.69 Å². The van der Waals surface area contributed by atoms with Gasteiger partial charge in [0, 0.05) is 23.4 Å². The van der Waals surface area contributed by atoms with Gasteiger partial charge in [-0.15, -0.1) is 0 Å². The molecule has 4 nitrogen and oxygen atoms in total. The molecule has 0 fully saturated rings. The Morgan fingerprint density at radius 3 is 2.68 bits per heavy atom. The lowest BCUT2D eigenvalue weighted by molar-refractivity contribution is 0.390. The molecule has 1 atom stereocenters. The normalized spacial score (nSPS) is 12.3. The number of hydrogen-bond acceptors (Lipinski definition) is 4. The minimum absolute atomic E-state index is 0.336. The number of nitrogens with one attached hydrogen (secondary N) is 1. The van der Waals surface area contributed by atoms with Gasteiger partial charge in [0.2, 0.25) is 0 Å². The van der Waals surface area contributed by atoms with Gasteiger partial charge in [0.25, 0.3) is 0 Å². The van der Waals surface area contributed by atoms with Gasteiger partial charge in [-0.2, -0.15) is 0 Å². The molecule has 0 amide bonds. The number of anilines is 1. The van der Waals surface area contributed by atoms with Gasteiger partial charge in [-0.05, 0) is 46.1 Å². The van der Waals surface area contributed by atoms with Crippen LogP contribution in [0.2, 0.25) is 0 Å². The number of hydrogen-bond donors (Lipinski definition) is 2. The molecule has 0 radical (unpaired) electrons. The van der Waals surface area contributed by atoms with Gasteiger partial charge in [-0.3, -0.25) is 0 Å². The van der Waals surface area contributed by atoms with Crippen LogP contribution in [0, 0.1) is 0 Å². The Morgan fingerprint density at radius 2 is 2.16 bits per heavy atom. The Labute approximate surface area is 120 Å². The van der Waals surface area contributed by atoms with E-state index in [4.69, 9.17) is 22.7 Å². The average Bonchev–Trinajstić information content (AvgIpc) is 2.35. The highest BCUT2D eigenvalue weighted by molar-refractivity contribution is 7.80. The van der Waals surface area contributed by atoms with Crippen LogP contribution in [-0.4, -0.2) is 43.7 Å². The highest BCUT2D eigenvalue weighted by atomic mass is 32.1. The van der Waals surface area contributed by atoms with Gasteiger partial charge in [-0.25, -0.2) is 0 Å². The number of benzene rings is 1. The van der Waals surface area contributed by atoms with Crippen LogP contribution in [0.5, 0.6) is 5.75 Å². The van der Waals surface area contributed by atoms with E-state index >= 15 is 0 Å². The van der Waals surface area contributed by atoms with E-state index in [2.05, 4.69) is 31.2 Å². The molecular weight excluding hydrogens is 258 g/mol. The largest absolute Gasteiger partial charge is 0.497 e. The third-order valence-corrected chi connectivity index (χ3v) is 3.12. The van der Waals surface area contributed by atoms with E-state index in [1.54, 1.807) is 7.11 Å². The summed E-state index contributed by atoms with van der Waals surface area (Å²) in [7, 11) is 5.78. The van der Waals surface area contributed by atoms with Crippen molar-refractivity contribution >= 4 is 22.9 Å². The quantitative estimate of drug-likeness (QED) is 0.750. The smallest absolute Gasteiger partial charge is 0.120 e. The molecule has 106 valence electrons. The molecule has 0 aliphatic carbocycles. The average molecular weight is 281 g/mol. The summed E-state index contributed by atoms with van der Waals surface area (Å²) in [4.78, 5) is 2.56. The molecule has 0 bridgehead atoms. The predicted molar refractivity (Wildman–Crippen MR) is 85.1 cm³/mol. The van der Waals surface area contributed by atoms with Crippen LogP contribution in [0.1, 0.15) is 18.9 Å². The fourth-order valence-electron chi connectivity index (χ4n) is 1.77. The van der Waals surface area contributed by atoms with Crippen molar-refractivity contribution in [3.8, 4) is 5.75 Å². The van der Waals surface area contributed by atoms with E-state index in [9.17, 15) is 0 Å². The fourth-order valence-corrected chi connectivity index (χ4v) is 1.95. The van der Waals surface area contributed by atoms with Crippen molar-refractivity contribution in [1.82, 2.24) is 4.90 Å². The first-order chi connectivity index (χ1) is 8.93. The van der Waals surface area contributed by atoms with Crippen molar-refractivity contribution in [3.63, 3.8) is 0 Å². The molecule has 0 aliphatic heterocycles. The van der Waals surface area contributed by atoms with Crippen LogP contribution < -0.4 is 15.8 Å². The van der Waals surface area contributed by atoms with Crippen molar-refractivity contribution < 1.29 is 4.74 Å². The summed E-state index contributed by atoms with van der Waals surface area (Å²) in [5.41, 5.74) is 7.53. The predicted octanol–water partition coefficient (Wildman–Crippen LogP) is 2.08. The molecule has 19 heavy (non-hydrogen) atoms. The van der Waals surface area contributed by atoms with E-state index in [-0.39, 0.29) is 0 Å². The number of nitrogens with two attached hydrogens (primary N) is 1. The van der Waals surface area contributed by atoms with Gasteiger partial charge in [-0.1, -0.05) is 12.2 Å². The summed E-state index contributed by atoms with van der Waals surface area (Å²) < 4.78 is 5.24. The summed E-state index contributed by atoms with van der Waals surface area (Å²) in [6.45, 7) is 3.17. The molecular formula is C14H23N3OS. The summed E-state index contributed by atoms with van der Waals surface area (Å²) in [5, 5.41) is 3.45. The Bertz CT molecular complexity index is 435. The summed E-state index contributed by atoms with van der Waals surface area (Å²) >= 11 is 5.08. The number of thiocarbonyl (C=S) groups is 1. The molecule has 5 heteroatoms. The zero-order valence-electron chi connectivity index (χ0n) is 12.1. The van der Waals surface area contributed by atoms with Crippen LogP contribution in [0.25, 0.3) is 0 Å². The lowest BCUT2D eigenvalue weighted by atomic mass is 10.1. The van der Waals surface area contributed by atoms with Crippen molar-refractivity contribution in [2.45, 2.75) is 19.4 Å². The van der Waals surface area contributed by atoms with Crippen molar-refractivity contribution in [2.75, 3.05) is 33.1 Å². The molecule has 1 aromatic rings. The second-order valence-electron chi connectivity index (χ2n) is 4.91. The minimum Gasteiger partial charge on any atom is -0.497 e. The Balaban J connectivity index is 2.82. The minimum atomic E-state index is 0.336. The number of rotatable bonds is 7. The van der Waals surface area contributed by atoms with Crippen molar-refractivity contribution in [3.05, 3.63) is 23.8 Å². The Morgan fingerprint density at radius 1 is 1.47 bits per heavy atom. The summed E-state index contributed by atoms with van der Waals surface area (Å²) in [6, 6.07) is 6.02. The van der Waals surface area contributed by atoms with Crippen LogP contribution in [0.3, 0.4) is 0 Å². The van der Waals surface area contributed by atoms with Crippen LogP contribution in [-0.2, 0) is 0 Å². The fraction of sp³-hybridized carbons (Fsp3) is 0.500. The molecule has 0 aliphatic rings. The van der Waals surface area contributed by atoms with Gasteiger partial charge in [0.15, 0.2) is 0 Å². The van der Waals surface area contributed by atoms with E-state index in [0.29, 0.717) is 11.0 Å². The van der Waals surface area contributed by atoms with E-state index in [0.717, 1.165) is 30.0 Å². The van der Waals surface area contributed by atoms with Crippen molar-refractivity contribution in [1.29, 1.82) is 0 Å². The number of ether oxygens (including phenoxy) is 1. The van der Waals surface area contributed by atoms with Crippen molar-refractivity contribution in [2.24, 2.45) is 5.73 Å². The van der Waals surface area contributed by atoms with E-state index < -0.39 is 0 Å². The molecule has 0 saturated carbocycles. The highest BCUT2D eigenvalue weighted by Crippen LogP contribution is 2.23. The first kappa shape index (κ1) is 15.7. The van der Waals surface area contributed by atoms with Gasteiger partial charge < -0.3 is 20.7 Å². The van der Waals surface area contributed by atoms with E-state index in [1.165, 1.54) is 0 Å². The zero-order chi connectivity index (χ0) is 14.4. The molecule has 3 N–H and O–H groups in total. The Kier molecular flexibility index (Phi) is 6.05. The molecule has 0 spiro atoms. The molecule has 0 heterocycles. The van der Waals surface area contributed by atoms with E-state index in [1.807, 2.05) is 18.2 Å². The van der Waals surface area contributed by atoms with Gasteiger partial charge in [0.1, 0.15) is 10.7 Å². The molecule has 0 aromatic heterocycles. The highest BCUT2D eigenvalue weighted by Gasteiger charge is 2.10. The first-order valence-corrected chi connectivity index (χ1v) is 6.74. The second-order valence-corrected chi connectivity index (χ2v) is 5.35. The first-order valence-electron chi connectivity index (χ1n) is 6.33. The standard InChI is InChI=1S/C14H23N3OS/c1-10(7-8-17(2)3)16-13-9-11(18-4)5-6-12(13)14(15)19/h5-6,9-10,16H,7-8H2,1-4H3,(H2,15,19).